The molecular weight excluding hydrogens is 312 g/mol. The van der Waals surface area contributed by atoms with Crippen molar-refractivity contribution >= 4 is 10.0 Å². The zero-order valence-corrected chi connectivity index (χ0v) is 12.6. The van der Waals surface area contributed by atoms with E-state index in [0.29, 0.717) is 0 Å². The van der Waals surface area contributed by atoms with E-state index >= 15 is 0 Å². The maximum Gasteiger partial charge on any atom is 0.402 e. The van der Waals surface area contributed by atoms with Gasteiger partial charge in [-0.15, -0.1) is 0 Å². The van der Waals surface area contributed by atoms with Crippen LogP contribution in [0, 0.1) is 12.7 Å². The van der Waals surface area contributed by atoms with Crippen LogP contribution in [-0.4, -0.2) is 39.5 Å². The molecule has 0 atom stereocenters. The van der Waals surface area contributed by atoms with Crippen molar-refractivity contribution in [3.63, 3.8) is 0 Å². The summed E-state index contributed by atoms with van der Waals surface area (Å²) in [7, 11) is -1.95. The summed E-state index contributed by atoms with van der Waals surface area (Å²) in [4.78, 5) is -0.363. The second kappa shape index (κ2) is 6.29. The Morgan fingerprint density at radius 2 is 1.86 bits per heavy atom. The van der Waals surface area contributed by atoms with Gasteiger partial charge in [0.15, 0.2) is 0 Å². The fourth-order valence-corrected chi connectivity index (χ4v) is 3.09. The van der Waals surface area contributed by atoms with E-state index in [4.69, 9.17) is 0 Å². The average Bonchev–Trinajstić information content (AvgIpc) is 2.32. The summed E-state index contributed by atoms with van der Waals surface area (Å²) in [5.74, 6) is -0.582. The molecule has 0 bridgehead atoms. The van der Waals surface area contributed by atoms with Gasteiger partial charge in [-0.2, -0.15) is 17.5 Å². The minimum absolute atomic E-state index is 0.0572. The van der Waals surface area contributed by atoms with Crippen LogP contribution < -0.4 is 5.32 Å². The van der Waals surface area contributed by atoms with Crippen LogP contribution in [0.2, 0.25) is 0 Å². The van der Waals surface area contributed by atoms with Gasteiger partial charge in [0.05, 0.1) is 4.90 Å². The molecule has 0 spiro atoms. The maximum absolute atomic E-state index is 13.8. The minimum atomic E-state index is -4.65. The zero-order valence-electron chi connectivity index (χ0n) is 11.8. The first-order valence-electron chi connectivity index (χ1n) is 5.95. The summed E-state index contributed by atoms with van der Waals surface area (Å²) in [5, 5.41) is 2.67. The van der Waals surface area contributed by atoms with Gasteiger partial charge in [0.1, 0.15) is 12.4 Å². The van der Waals surface area contributed by atoms with Crippen LogP contribution >= 0.6 is 0 Å². The van der Waals surface area contributed by atoms with Crippen LogP contribution in [0.4, 0.5) is 17.6 Å². The molecule has 1 aromatic carbocycles. The quantitative estimate of drug-likeness (QED) is 0.842. The highest BCUT2D eigenvalue weighted by atomic mass is 32.2. The number of alkyl halides is 3. The van der Waals surface area contributed by atoms with Crippen molar-refractivity contribution in [2.24, 2.45) is 0 Å². The lowest BCUT2D eigenvalue weighted by atomic mass is 10.1. The molecule has 0 radical (unpaired) electrons. The lowest BCUT2D eigenvalue weighted by molar-refractivity contribution is -0.134. The highest BCUT2D eigenvalue weighted by Gasteiger charge is 2.35. The molecule has 1 rings (SSSR count). The van der Waals surface area contributed by atoms with Crippen molar-refractivity contribution in [1.29, 1.82) is 0 Å². The summed E-state index contributed by atoms with van der Waals surface area (Å²) in [6.07, 6.45) is -4.65. The Morgan fingerprint density at radius 1 is 1.29 bits per heavy atom. The SMILES string of the molecule is CNCc1cc(S(=O)(=O)N(C)CC(F)(F)F)cc(C)c1F. The highest BCUT2D eigenvalue weighted by molar-refractivity contribution is 7.89. The molecule has 21 heavy (non-hydrogen) atoms. The molecule has 4 nitrogen and oxygen atoms in total. The molecule has 0 saturated heterocycles. The number of halogens is 4. The number of nitrogens with one attached hydrogen (secondary N) is 1. The number of benzene rings is 1. The van der Waals surface area contributed by atoms with Crippen LogP contribution in [0.3, 0.4) is 0 Å². The largest absolute Gasteiger partial charge is 0.402 e. The fourth-order valence-electron chi connectivity index (χ4n) is 1.79. The number of rotatable bonds is 5. The van der Waals surface area contributed by atoms with Gasteiger partial charge < -0.3 is 5.32 Å². The lowest BCUT2D eigenvalue weighted by Gasteiger charge is -2.19. The third-order valence-corrected chi connectivity index (χ3v) is 4.56. The number of hydrogen-bond acceptors (Lipinski definition) is 3. The van der Waals surface area contributed by atoms with Crippen LogP contribution in [0.15, 0.2) is 17.0 Å². The predicted molar refractivity (Wildman–Crippen MR) is 69.8 cm³/mol. The second-order valence-electron chi connectivity index (χ2n) is 4.62. The first-order chi connectivity index (χ1) is 9.49. The molecule has 1 aromatic rings. The van der Waals surface area contributed by atoms with Gasteiger partial charge in [0.2, 0.25) is 10.0 Å². The molecule has 0 unspecified atom stereocenters. The monoisotopic (exact) mass is 328 g/mol. The van der Waals surface area contributed by atoms with Gasteiger partial charge in [0.25, 0.3) is 0 Å². The van der Waals surface area contributed by atoms with Crippen molar-refractivity contribution < 1.29 is 26.0 Å². The van der Waals surface area contributed by atoms with Crippen LogP contribution in [0.5, 0.6) is 0 Å². The Kier molecular flexibility index (Phi) is 5.35. The van der Waals surface area contributed by atoms with E-state index in [2.05, 4.69) is 5.32 Å². The molecule has 0 aromatic heterocycles. The number of sulfonamides is 1. The highest BCUT2D eigenvalue weighted by Crippen LogP contribution is 2.24. The van der Waals surface area contributed by atoms with Crippen LogP contribution in [-0.2, 0) is 16.6 Å². The summed E-state index contributed by atoms with van der Waals surface area (Å²) < 4.78 is 75.2. The molecule has 9 heteroatoms. The summed E-state index contributed by atoms with van der Waals surface area (Å²) in [6.45, 7) is -0.177. The van der Waals surface area contributed by atoms with Gasteiger partial charge in [0, 0.05) is 19.2 Å². The first kappa shape index (κ1) is 17.9. The van der Waals surface area contributed by atoms with Gasteiger partial charge in [-0.1, -0.05) is 0 Å². The smallest absolute Gasteiger partial charge is 0.316 e. The van der Waals surface area contributed by atoms with E-state index in [0.717, 1.165) is 19.2 Å². The standard InChI is InChI=1S/C12H16F4N2O2S/c1-8-4-10(5-9(6-17-2)11(8)13)21(19,20)18(3)7-12(14,15)16/h4-5,17H,6-7H2,1-3H3. The molecule has 0 heterocycles. The Balaban J connectivity index is 3.26. The molecule has 0 saturated carbocycles. The zero-order chi connectivity index (χ0) is 16.4. The molecule has 0 amide bonds. The van der Waals surface area contributed by atoms with E-state index < -0.39 is 28.6 Å². The molecule has 0 aliphatic rings. The number of aryl methyl sites for hydroxylation is 1. The van der Waals surface area contributed by atoms with E-state index in [9.17, 15) is 26.0 Å². The molecule has 0 aliphatic carbocycles. The fraction of sp³-hybridized carbons (Fsp3) is 0.500. The summed E-state index contributed by atoms with van der Waals surface area (Å²) in [5.41, 5.74) is 0.137. The van der Waals surface area contributed by atoms with Crippen molar-refractivity contribution in [1.82, 2.24) is 9.62 Å². The summed E-state index contributed by atoms with van der Waals surface area (Å²) in [6, 6.07) is 2.07. The molecular formula is C12H16F4N2O2S. The third kappa shape index (κ3) is 4.39. The average molecular weight is 328 g/mol. The van der Waals surface area contributed by atoms with Gasteiger partial charge in [-0.25, -0.2) is 12.8 Å². The van der Waals surface area contributed by atoms with E-state index in [1.165, 1.54) is 6.92 Å². The number of hydrogen-bond donors (Lipinski definition) is 1. The maximum atomic E-state index is 13.8. The Labute approximate surface area is 120 Å². The first-order valence-corrected chi connectivity index (χ1v) is 7.39. The van der Waals surface area contributed by atoms with Crippen molar-refractivity contribution in [3.8, 4) is 0 Å². The lowest BCUT2D eigenvalue weighted by Crippen LogP contribution is -2.36. The van der Waals surface area contributed by atoms with Crippen molar-refractivity contribution in [2.75, 3.05) is 20.6 Å². The van der Waals surface area contributed by atoms with E-state index in [-0.39, 0.29) is 26.9 Å². The predicted octanol–water partition coefficient (Wildman–Crippen LogP) is 2.04. The Morgan fingerprint density at radius 3 is 2.33 bits per heavy atom. The van der Waals surface area contributed by atoms with Crippen LogP contribution in [0.1, 0.15) is 11.1 Å². The molecule has 0 fully saturated rings. The Bertz CT molecular complexity index is 614. The second-order valence-corrected chi connectivity index (χ2v) is 6.66. The Hall–Kier alpha value is -1.19. The minimum Gasteiger partial charge on any atom is -0.316 e. The van der Waals surface area contributed by atoms with Gasteiger partial charge >= 0.3 is 6.18 Å². The third-order valence-electron chi connectivity index (χ3n) is 2.78. The van der Waals surface area contributed by atoms with E-state index in [1.54, 1.807) is 7.05 Å². The van der Waals surface area contributed by atoms with E-state index in [1.807, 2.05) is 0 Å². The van der Waals surface area contributed by atoms with Crippen molar-refractivity contribution in [3.05, 3.63) is 29.1 Å². The van der Waals surface area contributed by atoms with Crippen molar-refractivity contribution in [2.45, 2.75) is 24.5 Å². The van der Waals surface area contributed by atoms with Gasteiger partial charge in [-0.05, 0) is 31.7 Å². The topological polar surface area (TPSA) is 49.4 Å². The molecule has 0 aliphatic heterocycles. The molecule has 120 valence electrons. The molecule has 1 N–H and O–H groups in total. The van der Waals surface area contributed by atoms with Crippen LogP contribution in [0.25, 0.3) is 0 Å². The summed E-state index contributed by atoms with van der Waals surface area (Å²) >= 11 is 0. The number of nitrogens with zero attached hydrogens (tertiary/aromatic N) is 1. The van der Waals surface area contributed by atoms with Gasteiger partial charge in [-0.3, -0.25) is 0 Å². The normalized spacial score (nSPS) is 13.0.